The van der Waals surface area contributed by atoms with Crippen molar-refractivity contribution in [3.63, 3.8) is 0 Å². The maximum atomic E-state index is 12.5. The number of ether oxygens (including phenoxy) is 1. The van der Waals surface area contributed by atoms with Gasteiger partial charge in [0, 0.05) is 10.8 Å². The molecule has 18 heteroatoms. The van der Waals surface area contributed by atoms with Gasteiger partial charge in [0.1, 0.15) is 27.2 Å². The molecule has 0 amide bonds. The molecule has 0 aliphatic heterocycles. The summed E-state index contributed by atoms with van der Waals surface area (Å²) in [7, 11) is -12.7. The van der Waals surface area contributed by atoms with Crippen LogP contribution in [0.3, 0.4) is 0 Å². The SMILES string of the molecule is COc1ccc(S(=O)(=O)CCOS(=O)(=O)[O-])cc1N=Nc1ccc2c(S(=O)(=O)[O-])cccc2c1O.[Na+].[Na+]. The third kappa shape index (κ3) is 8.67. The molecule has 3 aromatic rings. The van der Waals surface area contributed by atoms with Crippen LogP contribution in [0.5, 0.6) is 11.5 Å². The van der Waals surface area contributed by atoms with Gasteiger partial charge in [-0.2, -0.15) is 0 Å². The normalized spacial score (nSPS) is 12.2. The molecule has 0 saturated carbocycles. The number of aromatic hydroxyl groups is 1. The number of fused-ring (bicyclic) bond motifs is 1. The van der Waals surface area contributed by atoms with E-state index in [0.717, 1.165) is 18.2 Å². The number of phenolic OH excluding ortho intramolecular Hbond substituents is 1. The second-order valence-corrected chi connectivity index (χ2v) is 11.3. The van der Waals surface area contributed by atoms with E-state index in [1.807, 2.05) is 0 Å². The Morgan fingerprint density at radius 3 is 2.11 bits per heavy atom. The summed E-state index contributed by atoms with van der Waals surface area (Å²) in [5.74, 6) is -1.19. The van der Waals surface area contributed by atoms with Crippen LogP contribution in [-0.4, -0.2) is 58.9 Å². The van der Waals surface area contributed by atoms with Gasteiger partial charge in [-0.3, -0.25) is 4.18 Å². The molecule has 0 aliphatic carbocycles. The number of sulfone groups is 1. The van der Waals surface area contributed by atoms with Crippen LogP contribution in [-0.2, 0) is 34.5 Å². The maximum absolute atomic E-state index is 12.5. The monoisotopic (exact) mass is 590 g/mol. The predicted octanol–water partition coefficient (Wildman–Crippen LogP) is -3.87. The minimum atomic E-state index is -5.06. The number of methoxy groups -OCH3 is 1. The van der Waals surface area contributed by atoms with Crippen LogP contribution in [0.15, 0.2) is 68.6 Å². The van der Waals surface area contributed by atoms with Crippen LogP contribution in [0.1, 0.15) is 0 Å². The van der Waals surface area contributed by atoms with Crippen LogP contribution in [0.4, 0.5) is 11.4 Å². The molecular formula is C19H16N2Na2O11S3. The molecule has 0 radical (unpaired) electrons. The molecular weight excluding hydrogens is 574 g/mol. The number of nitrogens with zero attached hydrogens (tertiary/aromatic N) is 2. The first-order chi connectivity index (χ1) is 16.2. The molecule has 0 unspecified atom stereocenters. The molecule has 3 aromatic carbocycles. The van der Waals surface area contributed by atoms with Gasteiger partial charge in [0.05, 0.1) is 29.3 Å². The van der Waals surface area contributed by atoms with Crippen molar-refractivity contribution in [2.45, 2.75) is 9.79 Å². The topological polar surface area (TPSA) is 212 Å². The summed E-state index contributed by atoms with van der Waals surface area (Å²) < 4.78 is 99.8. The van der Waals surface area contributed by atoms with Gasteiger partial charge in [0.15, 0.2) is 15.6 Å². The Kier molecular flexibility index (Phi) is 12.2. The molecule has 0 saturated heterocycles. The van der Waals surface area contributed by atoms with Crippen LogP contribution >= 0.6 is 0 Å². The quantitative estimate of drug-likeness (QED) is 0.110. The Balaban J connectivity index is 0.00000342. The Bertz CT molecular complexity index is 1640. The Hall–Kier alpha value is -1.15. The first kappa shape index (κ1) is 33.9. The summed E-state index contributed by atoms with van der Waals surface area (Å²) in [6.07, 6.45) is 0. The largest absolute Gasteiger partial charge is 1.00 e. The predicted molar refractivity (Wildman–Crippen MR) is 118 cm³/mol. The molecule has 0 spiro atoms. The van der Waals surface area contributed by atoms with E-state index in [-0.39, 0.29) is 91.9 Å². The molecule has 0 aromatic heterocycles. The third-order valence-electron chi connectivity index (χ3n) is 4.60. The summed E-state index contributed by atoms with van der Waals surface area (Å²) in [5, 5.41) is 18.3. The van der Waals surface area contributed by atoms with Gasteiger partial charge < -0.3 is 18.9 Å². The van der Waals surface area contributed by atoms with E-state index < -0.39 is 53.4 Å². The molecule has 0 fully saturated rings. The van der Waals surface area contributed by atoms with Gasteiger partial charge >= 0.3 is 59.1 Å². The molecule has 3 rings (SSSR count). The maximum Gasteiger partial charge on any atom is 1.00 e. The van der Waals surface area contributed by atoms with Crippen LogP contribution in [0.25, 0.3) is 10.8 Å². The van der Waals surface area contributed by atoms with Gasteiger partial charge in [0.25, 0.3) is 0 Å². The van der Waals surface area contributed by atoms with E-state index in [1.165, 1.54) is 37.4 Å². The zero-order valence-corrected chi connectivity index (χ0v) is 26.1. The Labute approximate surface area is 257 Å². The summed E-state index contributed by atoms with van der Waals surface area (Å²) in [4.78, 5) is -0.825. The smallest absolute Gasteiger partial charge is 0.744 e. The fourth-order valence-corrected chi connectivity index (χ4v) is 5.20. The van der Waals surface area contributed by atoms with E-state index in [1.54, 1.807) is 0 Å². The van der Waals surface area contributed by atoms with E-state index in [2.05, 4.69) is 14.4 Å². The zero-order valence-electron chi connectivity index (χ0n) is 19.7. The molecule has 37 heavy (non-hydrogen) atoms. The standard InChI is InChI=1S/C19H18N2O11S3.2Na/c1-31-17-8-5-12(33(23,24)10-9-32-35(28,29)30)11-16(17)21-20-15-7-6-13-14(19(15)22)3-2-4-18(13)34(25,26)27;;/h2-8,11,22H,9-10H2,1H3,(H,25,26,27)(H,28,29,30);;/q;2*+1/p-2. The second kappa shape index (κ2) is 13.3. The minimum absolute atomic E-state index is 0. The average Bonchev–Trinajstić information content (AvgIpc) is 2.76. The van der Waals surface area contributed by atoms with Gasteiger partial charge in [-0.1, -0.05) is 18.2 Å². The minimum Gasteiger partial charge on any atom is -0.744 e. The van der Waals surface area contributed by atoms with E-state index in [9.17, 15) is 39.5 Å². The van der Waals surface area contributed by atoms with Crippen LogP contribution < -0.4 is 63.9 Å². The first-order valence-corrected chi connectivity index (χ1v) is 13.8. The summed E-state index contributed by atoms with van der Waals surface area (Å²) in [5.41, 5.74) is -0.205. The van der Waals surface area contributed by atoms with Crippen molar-refractivity contribution in [1.82, 2.24) is 0 Å². The van der Waals surface area contributed by atoms with Crippen molar-refractivity contribution in [3.8, 4) is 11.5 Å². The fraction of sp³-hybridized carbons (Fsp3) is 0.158. The Morgan fingerprint density at radius 1 is 0.865 bits per heavy atom. The fourth-order valence-electron chi connectivity index (χ4n) is 3.01. The molecule has 0 atom stereocenters. The van der Waals surface area contributed by atoms with E-state index in [0.29, 0.717) is 0 Å². The van der Waals surface area contributed by atoms with Gasteiger partial charge in [-0.25, -0.2) is 25.3 Å². The number of hydrogen-bond donors (Lipinski definition) is 1. The average molecular weight is 591 g/mol. The first-order valence-electron chi connectivity index (χ1n) is 9.36. The van der Waals surface area contributed by atoms with Gasteiger partial charge in [-0.15, -0.1) is 10.2 Å². The number of azo groups is 1. The molecule has 0 aliphatic rings. The van der Waals surface area contributed by atoms with Gasteiger partial charge in [0.2, 0.25) is 10.4 Å². The number of rotatable bonds is 9. The van der Waals surface area contributed by atoms with Crippen molar-refractivity contribution in [1.29, 1.82) is 0 Å². The summed E-state index contributed by atoms with van der Waals surface area (Å²) in [6, 6.07) is 9.71. The van der Waals surface area contributed by atoms with Crippen molar-refractivity contribution >= 4 is 52.5 Å². The Morgan fingerprint density at radius 2 is 1.51 bits per heavy atom. The summed E-state index contributed by atoms with van der Waals surface area (Å²) >= 11 is 0. The van der Waals surface area contributed by atoms with Crippen molar-refractivity contribution in [2.24, 2.45) is 10.2 Å². The molecule has 1 N–H and O–H groups in total. The van der Waals surface area contributed by atoms with Gasteiger partial charge in [-0.05, 0) is 30.3 Å². The van der Waals surface area contributed by atoms with Crippen molar-refractivity contribution in [3.05, 3.63) is 48.5 Å². The van der Waals surface area contributed by atoms with Crippen LogP contribution in [0, 0.1) is 0 Å². The number of phenols is 1. The molecule has 0 bridgehead atoms. The zero-order chi connectivity index (χ0) is 26.0. The third-order valence-corrected chi connectivity index (χ3v) is 7.62. The van der Waals surface area contributed by atoms with Crippen molar-refractivity contribution in [2.75, 3.05) is 19.5 Å². The molecule has 0 heterocycles. The second-order valence-electron chi connectivity index (χ2n) is 6.82. The van der Waals surface area contributed by atoms with Crippen molar-refractivity contribution < 1.29 is 107 Å². The van der Waals surface area contributed by atoms with E-state index >= 15 is 0 Å². The summed E-state index contributed by atoms with van der Waals surface area (Å²) in [6.45, 7) is -0.886. The molecule has 188 valence electrons. The van der Waals surface area contributed by atoms with Crippen LogP contribution in [0.2, 0.25) is 0 Å². The van der Waals surface area contributed by atoms with E-state index in [4.69, 9.17) is 4.74 Å². The molecule has 13 nitrogen and oxygen atoms in total. The number of hydrogen-bond acceptors (Lipinski definition) is 13. The number of benzene rings is 3.